The van der Waals surface area contributed by atoms with Crippen molar-refractivity contribution in [3.05, 3.63) is 65.5 Å². The second-order valence-corrected chi connectivity index (χ2v) is 6.06. The van der Waals surface area contributed by atoms with Crippen molar-refractivity contribution in [3.8, 4) is 5.75 Å². The first-order valence-electron chi connectivity index (χ1n) is 8.42. The summed E-state index contributed by atoms with van der Waals surface area (Å²) in [6, 6.07) is 14.6. The van der Waals surface area contributed by atoms with E-state index in [9.17, 15) is 4.39 Å². The van der Waals surface area contributed by atoms with Gasteiger partial charge in [0, 0.05) is 6.07 Å². The number of rotatable bonds is 6. The second kappa shape index (κ2) is 7.32. The van der Waals surface area contributed by atoms with Crippen molar-refractivity contribution in [2.75, 3.05) is 6.61 Å². The molecule has 2 aromatic rings. The van der Waals surface area contributed by atoms with E-state index in [4.69, 9.17) is 14.2 Å². The summed E-state index contributed by atoms with van der Waals surface area (Å²) in [5.41, 5.74) is 1.21. The van der Waals surface area contributed by atoms with E-state index in [0.717, 1.165) is 17.5 Å². The van der Waals surface area contributed by atoms with Crippen LogP contribution in [0.25, 0.3) is 0 Å². The Bertz CT molecular complexity index is 674. The number of halogens is 1. The van der Waals surface area contributed by atoms with Crippen LogP contribution in [0.15, 0.2) is 48.5 Å². The maximum Gasteiger partial charge on any atom is 0.158 e. The van der Waals surface area contributed by atoms with Crippen molar-refractivity contribution in [2.45, 2.75) is 45.2 Å². The molecule has 1 fully saturated rings. The normalized spacial score (nSPS) is 23.4. The minimum atomic E-state index is -0.604. The third kappa shape index (κ3) is 3.60. The molecule has 1 aliphatic rings. The lowest BCUT2D eigenvalue weighted by Crippen LogP contribution is -2.28. The fourth-order valence-electron chi connectivity index (χ4n) is 2.94. The van der Waals surface area contributed by atoms with Crippen LogP contribution in [0.2, 0.25) is 0 Å². The van der Waals surface area contributed by atoms with Crippen LogP contribution in [-0.4, -0.2) is 12.9 Å². The van der Waals surface area contributed by atoms with Gasteiger partial charge in [-0.15, -0.1) is 0 Å². The fourth-order valence-corrected chi connectivity index (χ4v) is 2.94. The van der Waals surface area contributed by atoms with Gasteiger partial charge in [-0.2, -0.15) is 0 Å². The highest BCUT2D eigenvalue weighted by molar-refractivity contribution is 5.34. The zero-order valence-electron chi connectivity index (χ0n) is 14.1. The summed E-state index contributed by atoms with van der Waals surface area (Å²) in [4.78, 5) is 0. The van der Waals surface area contributed by atoms with Crippen molar-refractivity contribution < 1.29 is 18.6 Å². The molecule has 1 heterocycles. The predicted octanol–water partition coefficient (Wildman–Crippen LogP) is 4.79. The molecule has 0 amide bonds. The van der Waals surface area contributed by atoms with Crippen molar-refractivity contribution in [1.82, 2.24) is 0 Å². The molecule has 0 bridgehead atoms. The average molecular weight is 330 g/mol. The Labute approximate surface area is 142 Å². The minimum absolute atomic E-state index is 0.234. The molecule has 0 saturated carbocycles. The molecule has 3 rings (SSSR count). The van der Waals surface area contributed by atoms with Gasteiger partial charge in [0.05, 0.1) is 6.61 Å². The third-order valence-electron chi connectivity index (χ3n) is 4.41. The molecule has 1 saturated heterocycles. The molecule has 1 aliphatic heterocycles. The zero-order chi connectivity index (χ0) is 17.0. The molecular weight excluding hydrogens is 307 g/mol. The fraction of sp³-hybridized carbons (Fsp3) is 0.400. The monoisotopic (exact) mass is 330 g/mol. The Kier molecular flexibility index (Phi) is 5.17. The molecule has 2 aromatic carbocycles. The Morgan fingerprint density at radius 1 is 1.17 bits per heavy atom. The molecule has 0 aromatic heterocycles. The zero-order valence-corrected chi connectivity index (χ0v) is 14.1. The lowest BCUT2D eigenvalue weighted by atomic mass is 9.91. The first-order chi connectivity index (χ1) is 11.6. The predicted molar refractivity (Wildman–Crippen MR) is 90.3 cm³/mol. The lowest BCUT2D eigenvalue weighted by molar-refractivity contribution is -0.0943. The summed E-state index contributed by atoms with van der Waals surface area (Å²) in [5, 5.41) is 0. The lowest BCUT2D eigenvalue weighted by Gasteiger charge is -2.27. The highest BCUT2D eigenvalue weighted by Crippen LogP contribution is 2.39. The molecule has 2 unspecified atom stereocenters. The third-order valence-corrected chi connectivity index (χ3v) is 4.41. The smallest absolute Gasteiger partial charge is 0.158 e. The van der Waals surface area contributed by atoms with Crippen LogP contribution < -0.4 is 4.74 Å². The van der Waals surface area contributed by atoms with Gasteiger partial charge < -0.3 is 14.2 Å². The molecule has 4 heteroatoms. The van der Waals surface area contributed by atoms with E-state index in [1.807, 2.05) is 50.2 Å². The van der Waals surface area contributed by atoms with Crippen LogP contribution in [-0.2, 0) is 21.7 Å². The quantitative estimate of drug-likeness (QED) is 0.762. The maximum atomic E-state index is 14.1. The molecule has 0 spiro atoms. The van der Waals surface area contributed by atoms with Crippen LogP contribution in [0.4, 0.5) is 4.39 Å². The van der Waals surface area contributed by atoms with Crippen molar-refractivity contribution in [2.24, 2.45) is 0 Å². The average Bonchev–Trinajstić information content (AvgIpc) is 3.05. The van der Waals surface area contributed by atoms with E-state index < -0.39 is 5.60 Å². The second-order valence-electron chi connectivity index (χ2n) is 6.06. The van der Waals surface area contributed by atoms with Crippen molar-refractivity contribution in [1.29, 1.82) is 0 Å². The molecule has 3 nitrogen and oxygen atoms in total. The van der Waals surface area contributed by atoms with Crippen LogP contribution in [0.3, 0.4) is 0 Å². The summed E-state index contributed by atoms with van der Waals surface area (Å²) in [5.74, 6) is 0.178. The maximum absolute atomic E-state index is 14.1. The van der Waals surface area contributed by atoms with Gasteiger partial charge in [-0.25, -0.2) is 4.39 Å². The summed E-state index contributed by atoms with van der Waals surface area (Å²) in [7, 11) is 0. The summed E-state index contributed by atoms with van der Waals surface area (Å²) >= 11 is 0. The van der Waals surface area contributed by atoms with Gasteiger partial charge in [-0.1, -0.05) is 44.2 Å². The van der Waals surface area contributed by atoms with Crippen LogP contribution in [0.5, 0.6) is 5.75 Å². The van der Waals surface area contributed by atoms with Gasteiger partial charge >= 0.3 is 0 Å². The van der Waals surface area contributed by atoms with Gasteiger partial charge in [0.25, 0.3) is 0 Å². The Hall–Kier alpha value is -1.91. The van der Waals surface area contributed by atoms with E-state index in [1.54, 1.807) is 0 Å². The van der Waals surface area contributed by atoms with Crippen molar-refractivity contribution in [3.63, 3.8) is 0 Å². The van der Waals surface area contributed by atoms with E-state index in [-0.39, 0.29) is 12.1 Å². The molecule has 0 N–H and O–H groups in total. The Morgan fingerprint density at radius 2 is 1.96 bits per heavy atom. The topological polar surface area (TPSA) is 27.7 Å². The molecule has 24 heavy (non-hydrogen) atoms. The van der Waals surface area contributed by atoms with Gasteiger partial charge in [0.1, 0.15) is 23.8 Å². The van der Waals surface area contributed by atoms with E-state index in [1.165, 1.54) is 12.1 Å². The molecule has 128 valence electrons. The van der Waals surface area contributed by atoms with Crippen LogP contribution in [0, 0.1) is 5.82 Å². The van der Waals surface area contributed by atoms with Gasteiger partial charge in [0.15, 0.2) is 6.29 Å². The SMILES string of the molecule is CCC1OCC(CC)(c2cc(F)cc(OCc3ccccc3)c2)O1. The number of hydrogen-bond acceptors (Lipinski definition) is 3. The van der Waals surface area contributed by atoms with E-state index in [2.05, 4.69) is 0 Å². The first-order valence-corrected chi connectivity index (χ1v) is 8.42. The minimum Gasteiger partial charge on any atom is -0.489 e. The highest BCUT2D eigenvalue weighted by Gasteiger charge is 2.41. The molecule has 0 aliphatic carbocycles. The molecular formula is C20H23FO3. The number of hydrogen-bond donors (Lipinski definition) is 0. The standard InChI is InChI=1S/C20H23FO3/c1-3-19-23-14-20(4-2,24-19)16-10-17(21)12-18(11-16)22-13-15-8-6-5-7-9-15/h5-12,19H,3-4,13-14H2,1-2H3. The summed E-state index contributed by atoms with van der Waals surface area (Å²) in [6.07, 6.45) is 1.25. The molecule has 2 atom stereocenters. The van der Waals surface area contributed by atoms with Crippen molar-refractivity contribution >= 4 is 0 Å². The van der Waals surface area contributed by atoms with E-state index in [0.29, 0.717) is 25.4 Å². The van der Waals surface area contributed by atoms with E-state index >= 15 is 0 Å². The molecule has 0 radical (unpaired) electrons. The van der Waals surface area contributed by atoms with Crippen LogP contribution in [0.1, 0.15) is 37.8 Å². The Balaban J connectivity index is 1.81. The number of ether oxygens (including phenoxy) is 3. The first kappa shape index (κ1) is 16.9. The van der Waals surface area contributed by atoms with Crippen LogP contribution >= 0.6 is 0 Å². The number of benzene rings is 2. The largest absolute Gasteiger partial charge is 0.489 e. The highest BCUT2D eigenvalue weighted by atomic mass is 19.1. The van der Waals surface area contributed by atoms with Gasteiger partial charge in [0.2, 0.25) is 0 Å². The van der Waals surface area contributed by atoms with Gasteiger partial charge in [-0.3, -0.25) is 0 Å². The summed E-state index contributed by atoms with van der Waals surface area (Å²) < 4.78 is 31.6. The van der Waals surface area contributed by atoms with Gasteiger partial charge in [-0.05, 0) is 36.1 Å². The summed E-state index contributed by atoms with van der Waals surface area (Å²) in [6.45, 7) is 4.87. The Morgan fingerprint density at radius 3 is 2.62 bits per heavy atom.